The molecule has 1 atom stereocenters. The van der Waals surface area contributed by atoms with E-state index in [0.717, 1.165) is 25.9 Å². The van der Waals surface area contributed by atoms with Crippen molar-refractivity contribution in [3.8, 4) is 0 Å². The second kappa shape index (κ2) is 7.21. The lowest BCUT2D eigenvalue weighted by molar-refractivity contribution is -0.114. The fourth-order valence-electron chi connectivity index (χ4n) is 2.75. The molecule has 1 unspecified atom stereocenters. The van der Waals surface area contributed by atoms with Crippen molar-refractivity contribution in [3.63, 3.8) is 0 Å². The summed E-state index contributed by atoms with van der Waals surface area (Å²) >= 11 is 0. The number of likely N-dealkylation sites (N-methyl/N-ethyl adjacent to an activating group) is 1. The minimum atomic E-state index is -3.51. The molecular weight excluding hydrogens is 302 g/mol. The molecule has 0 aliphatic carbocycles. The first-order valence-corrected chi connectivity index (χ1v) is 9.02. The molecule has 0 spiro atoms. The summed E-state index contributed by atoms with van der Waals surface area (Å²) in [7, 11) is -3.51. The predicted molar refractivity (Wildman–Crippen MR) is 86.2 cm³/mol. The molecule has 1 aromatic rings. The quantitative estimate of drug-likeness (QED) is 0.829. The van der Waals surface area contributed by atoms with E-state index in [1.807, 2.05) is 0 Å². The van der Waals surface area contributed by atoms with Crippen molar-refractivity contribution >= 4 is 21.6 Å². The first-order valence-electron chi connectivity index (χ1n) is 7.53. The first kappa shape index (κ1) is 16.9. The number of sulfonamides is 1. The third-order valence-corrected chi connectivity index (χ3v) is 5.34. The Morgan fingerprint density at radius 2 is 2.00 bits per heavy atom. The molecule has 22 heavy (non-hydrogen) atoms. The van der Waals surface area contributed by atoms with Crippen LogP contribution in [0.15, 0.2) is 29.2 Å². The average molecular weight is 325 g/mol. The van der Waals surface area contributed by atoms with Gasteiger partial charge < -0.3 is 5.32 Å². The molecule has 6 nitrogen and oxygen atoms in total. The Labute approximate surface area is 131 Å². The smallest absolute Gasteiger partial charge is 0.240 e. The zero-order valence-electron chi connectivity index (χ0n) is 13.0. The maximum Gasteiger partial charge on any atom is 0.240 e. The van der Waals surface area contributed by atoms with Gasteiger partial charge in [-0.2, -0.15) is 0 Å². The number of anilines is 1. The van der Waals surface area contributed by atoms with Gasteiger partial charge in [-0.15, -0.1) is 0 Å². The lowest BCUT2D eigenvalue weighted by Gasteiger charge is -2.22. The van der Waals surface area contributed by atoms with E-state index in [2.05, 4.69) is 21.9 Å². The van der Waals surface area contributed by atoms with Gasteiger partial charge in [-0.25, -0.2) is 13.1 Å². The van der Waals surface area contributed by atoms with Gasteiger partial charge in [0.1, 0.15) is 0 Å². The second-order valence-electron chi connectivity index (χ2n) is 5.48. The summed E-state index contributed by atoms with van der Waals surface area (Å²) in [5.41, 5.74) is 0.583. The van der Waals surface area contributed by atoms with Gasteiger partial charge in [0.05, 0.1) is 4.90 Å². The summed E-state index contributed by atoms with van der Waals surface area (Å²) in [6.45, 7) is 5.91. The summed E-state index contributed by atoms with van der Waals surface area (Å²) in [5.74, 6) is -0.186. The van der Waals surface area contributed by atoms with E-state index in [4.69, 9.17) is 0 Å². The standard InChI is InChI=1S/C15H23N3O3S/c1-3-18-10-4-5-14(18)11-16-22(20,21)15-8-6-13(7-9-15)17-12(2)19/h6-9,14,16H,3-5,10-11H2,1-2H3,(H,17,19). The number of nitrogens with zero attached hydrogens (tertiary/aromatic N) is 1. The van der Waals surface area contributed by atoms with Crippen molar-refractivity contribution in [3.05, 3.63) is 24.3 Å². The maximum atomic E-state index is 12.3. The molecule has 0 saturated carbocycles. The largest absolute Gasteiger partial charge is 0.326 e. The number of rotatable bonds is 6. The summed E-state index contributed by atoms with van der Waals surface area (Å²) in [4.78, 5) is 13.5. The molecule has 7 heteroatoms. The van der Waals surface area contributed by atoms with Gasteiger partial charge in [-0.1, -0.05) is 6.92 Å². The van der Waals surface area contributed by atoms with Crippen LogP contribution in [-0.4, -0.2) is 44.9 Å². The summed E-state index contributed by atoms with van der Waals surface area (Å²) < 4.78 is 27.3. The average Bonchev–Trinajstić information content (AvgIpc) is 2.92. The molecule has 122 valence electrons. The number of nitrogens with one attached hydrogen (secondary N) is 2. The van der Waals surface area contributed by atoms with E-state index < -0.39 is 10.0 Å². The summed E-state index contributed by atoms with van der Waals surface area (Å²) in [6, 6.07) is 6.45. The molecule has 1 aliphatic rings. The fourth-order valence-corrected chi connectivity index (χ4v) is 3.83. The SMILES string of the molecule is CCN1CCCC1CNS(=O)(=O)c1ccc(NC(C)=O)cc1. The Morgan fingerprint density at radius 1 is 1.32 bits per heavy atom. The number of benzene rings is 1. The van der Waals surface area contributed by atoms with Gasteiger partial charge in [0.25, 0.3) is 0 Å². The van der Waals surface area contributed by atoms with Crippen LogP contribution in [0.5, 0.6) is 0 Å². The zero-order valence-corrected chi connectivity index (χ0v) is 13.8. The third kappa shape index (κ3) is 4.28. The predicted octanol–water partition coefficient (Wildman–Crippen LogP) is 1.41. The van der Waals surface area contributed by atoms with Crippen molar-refractivity contribution in [1.29, 1.82) is 0 Å². The van der Waals surface area contributed by atoms with Crippen LogP contribution in [0.1, 0.15) is 26.7 Å². The maximum absolute atomic E-state index is 12.3. The molecule has 1 saturated heterocycles. The Hall–Kier alpha value is -1.44. The molecule has 1 fully saturated rings. The van der Waals surface area contributed by atoms with Crippen molar-refractivity contribution in [1.82, 2.24) is 9.62 Å². The van der Waals surface area contributed by atoms with Crippen molar-refractivity contribution < 1.29 is 13.2 Å². The number of hydrogen-bond donors (Lipinski definition) is 2. The van der Waals surface area contributed by atoms with E-state index in [1.54, 1.807) is 12.1 Å². The number of likely N-dealkylation sites (tertiary alicyclic amines) is 1. The van der Waals surface area contributed by atoms with Gasteiger partial charge in [-0.3, -0.25) is 9.69 Å². The van der Waals surface area contributed by atoms with Crippen LogP contribution in [0.2, 0.25) is 0 Å². The number of carbonyl (C=O) groups is 1. The lowest BCUT2D eigenvalue weighted by Crippen LogP contribution is -2.39. The van der Waals surface area contributed by atoms with Crippen LogP contribution >= 0.6 is 0 Å². The van der Waals surface area contributed by atoms with Crippen LogP contribution in [0.4, 0.5) is 5.69 Å². The first-order chi connectivity index (χ1) is 10.4. The highest BCUT2D eigenvalue weighted by Crippen LogP contribution is 2.18. The van der Waals surface area contributed by atoms with Gasteiger partial charge in [0.2, 0.25) is 15.9 Å². The van der Waals surface area contributed by atoms with E-state index in [1.165, 1.54) is 19.1 Å². The molecule has 0 aromatic heterocycles. The zero-order chi connectivity index (χ0) is 16.2. The molecule has 0 radical (unpaired) electrons. The van der Waals surface area contributed by atoms with Crippen molar-refractivity contribution in [2.45, 2.75) is 37.6 Å². The molecule has 2 rings (SSSR count). The monoisotopic (exact) mass is 325 g/mol. The minimum Gasteiger partial charge on any atom is -0.326 e. The Balaban J connectivity index is 1.99. The summed E-state index contributed by atoms with van der Waals surface area (Å²) in [5, 5.41) is 2.61. The van der Waals surface area contributed by atoms with Crippen LogP contribution in [-0.2, 0) is 14.8 Å². The molecule has 0 bridgehead atoms. The van der Waals surface area contributed by atoms with E-state index in [0.29, 0.717) is 12.2 Å². The molecule has 2 N–H and O–H groups in total. The summed E-state index contributed by atoms with van der Waals surface area (Å²) in [6.07, 6.45) is 2.14. The van der Waals surface area contributed by atoms with Crippen molar-refractivity contribution in [2.24, 2.45) is 0 Å². The second-order valence-corrected chi connectivity index (χ2v) is 7.25. The third-order valence-electron chi connectivity index (χ3n) is 3.90. The normalized spacial score (nSPS) is 19.3. The van der Waals surface area contributed by atoms with E-state index in [-0.39, 0.29) is 16.8 Å². The van der Waals surface area contributed by atoms with Crippen LogP contribution in [0, 0.1) is 0 Å². The molecule has 1 aliphatic heterocycles. The fraction of sp³-hybridized carbons (Fsp3) is 0.533. The van der Waals surface area contributed by atoms with E-state index in [9.17, 15) is 13.2 Å². The van der Waals surface area contributed by atoms with E-state index >= 15 is 0 Å². The molecule has 1 aromatic carbocycles. The van der Waals surface area contributed by atoms with Gasteiger partial charge in [-0.05, 0) is 50.2 Å². The molecule has 1 heterocycles. The highest BCUT2D eigenvalue weighted by molar-refractivity contribution is 7.89. The molecule has 1 amide bonds. The van der Waals surface area contributed by atoms with Gasteiger partial charge in [0, 0.05) is 25.2 Å². The lowest BCUT2D eigenvalue weighted by atomic mass is 10.2. The molecular formula is C15H23N3O3S. The number of amides is 1. The van der Waals surface area contributed by atoms with Gasteiger partial charge in [0.15, 0.2) is 0 Å². The topological polar surface area (TPSA) is 78.5 Å². The Morgan fingerprint density at radius 3 is 2.59 bits per heavy atom. The van der Waals surface area contributed by atoms with Gasteiger partial charge >= 0.3 is 0 Å². The Bertz CT molecular complexity index is 613. The number of carbonyl (C=O) groups excluding carboxylic acids is 1. The van der Waals surface area contributed by atoms with Crippen LogP contribution in [0.25, 0.3) is 0 Å². The highest BCUT2D eigenvalue weighted by atomic mass is 32.2. The Kier molecular flexibility index (Phi) is 5.55. The number of hydrogen-bond acceptors (Lipinski definition) is 4. The van der Waals surface area contributed by atoms with Crippen LogP contribution in [0.3, 0.4) is 0 Å². The highest BCUT2D eigenvalue weighted by Gasteiger charge is 2.25. The van der Waals surface area contributed by atoms with Crippen molar-refractivity contribution in [2.75, 3.05) is 25.0 Å². The minimum absolute atomic E-state index is 0.186. The van der Waals surface area contributed by atoms with Crippen LogP contribution < -0.4 is 10.0 Å².